The lowest BCUT2D eigenvalue weighted by Crippen LogP contribution is -2.21. The van der Waals surface area contributed by atoms with E-state index in [2.05, 4.69) is 36.4 Å². The molecule has 1 aromatic carbocycles. The summed E-state index contributed by atoms with van der Waals surface area (Å²) in [6.45, 7) is 2.96. The molecule has 2 aromatic rings. The highest BCUT2D eigenvalue weighted by molar-refractivity contribution is 7.10. The van der Waals surface area contributed by atoms with Crippen LogP contribution in [0.4, 0.5) is 5.69 Å². The zero-order chi connectivity index (χ0) is 14.0. The molecular formula is C14H16Cl2N2S. The van der Waals surface area contributed by atoms with Crippen molar-refractivity contribution in [2.45, 2.75) is 19.5 Å². The van der Waals surface area contributed by atoms with Crippen LogP contribution in [0.25, 0.3) is 0 Å². The summed E-state index contributed by atoms with van der Waals surface area (Å²) in [7, 11) is 2.09. The molecule has 0 bridgehead atoms. The third kappa shape index (κ3) is 3.42. The molecule has 0 aliphatic heterocycles. The van der Waals surface area contributed by atoms with Gasteiger partial charge in [0.25, 0.3) is 0 Å². The van der Waals surface area contributed by atoms with Gasteiger partial charge in [-0.05, 0) is 43.1 Å². The van der Waals surface area contributed by atoms with Crippen molar-refractivity contribution in [3.05, 3.63) is 50.1 Å². The van der Waals surface area contributed by atoms with Gasteiger partial charge >= 0.3 is 0 Å². The zero-order valence-electron chi connectivity index (χ0n) is 10.9. The van der Waals surface area contributed by atoms with Crippen LogP contribution in [0, 0.1) is 0 Å². The fourth-order valence-electron chi connectivity index (χ4n) is 1.90. The van der Waals surface area contributed by atoms with Crippen LogP contribution >= 0.6 is 34.5 Å². The van der Waals surface area contributed by atoms with Gasteiger partial charge in [-0.3, -0.25) is 4.90 Å². The minimum Gasteiger partial charge on any atom is -0.396 e. The molecule has 5 heteroatoms. The lowest BCUT2D eigenvalue weighted by Gasteiger charge is -2.24. The molecule has 0 fully saturated rings. The number of benzene rings is 1. The van der Waals surface area contributed by atoms with E-state index in [0.717, 1.165) is 12.1 Å². The van der Waals surface area contributed by atoms with Crippen LogP contribution in [0.3, 0.4) is 0 Å². The maximum absolute atomic E-state index is 6.06. The van der Waals surface area contributed by atoms with Crippen LogP contribution in [0.5, 0.6) is 0 Å². The molecule has 0 saturated carbocycles. The zero-order valence-corrected chi connectivity index (χ0v) is 13.2. The van der Waals surface area contributed by atoms with Crippen molar-refractivity contribution in [2.75, 3.05) is 12.8 Å². The molecule has 0 saturated heterocycles. The van der Waals surface area contributed by atoms with Gasteiger partial charge in [0, 0.05) is 17.5 Å². The first-order chi connectivity index (χ1) is 8.99. The Hall–Kier alpha value is -0.740. The Kier molecular flexibility index (Phi) is 4.74. The Morgan fingerprint density at radius 3 is 2.47 bits per heavy atom. The molecule has 1 aromatic heterocycles. The van der Waals surface area contributed by atoms with Crippen molar-refractivity contribution < 1.29 is 0 Å². The fraction of sp³-hybridized carbons (Fsp3) is 0.286. The number of nitrogens with zero attached hydrogens (tertiary/aromatic N) is 1. The molecule has 0 aliphatic carbocycles. The molecule has 19 heavy (non-hydrogen) atoms. The summed E-state index contributed by atoms with van der Waals surface area (Å²) in [6.07, 6.45) is 0. The molecule has 2 nitrogen and oxygen atoms in total. The van der Waals surface area contributed by atoms with Crippen LogP contribution in [-0.4, -0.2) is 11.9 Å². The van der Waals surface area contributed by atoms with Gasteiger partial charge in [-0.15, -0.1) is 11.3 Å². The first-order valence-electron chi connectivity index (χ1n) is 5.96. The smallest absolute Gasteiger partial charge is 0.0693 e. The van der Waals surface area contributed by atoms with Gasteiger partial charge in [0.15, 0.2) is 0 Å². The highest BCUT2D eigenvalue weighted by Gasteiger charge is 2.14. The van der Waals surface area contributed by atoms with E-state index in [1.165, 1.54) is 4.88 Å². The second kappa shape index (κ2) is 6.14. The largest absolute Gasteiger partial charge is 0.396 e. The Labute approximate surface area is 127 Å². The highest BCUT2D eigenvalue weighted by Crippen LogP contribution is 2.31. The SMILES string of the molecule is CC(c1cccs1)N(C)Cc1cc(Cl)c(N)c(Cl)c1. The van der Waals surface area contributed by atoms with Gasteiger partial charge in [-0.1, -0.05) is 29.3 Å². The highest BCUT2D eigenvalue weighted by atomic mass is 35.5. The van der Waals surface area contributed by atoms with Crippen LogP contribution in [0.1, 0.15) is 23.4 Å². The average molecular weight is 315 g/mol. The Morgan fingerprint density at radius 2 is 1.95 bits per heavy atom. The molecule has 0 radical (unpaired) electrons. The second-order valence-corrected chi connectivity index (χ2v) is 6.37. The van der Waals surface area contributed by atoms with E-state index < -0.39 is 0 Å². The predicted octanol–water partition coefficient (Wildman–Crippen LogP) is 4.83. The van der Waals surface area contributed by atoms with Crippen molar-refractivity contribution in [1.29, 1.82) is 0 Å². The quantitative estimate of drug-likeness (QED) is 0.819. The Balaban J connectivity index is 2.13. The van der Waals surface area contributed by atoms with Crippen molar-refractivity contribution >= 4 is 40.2 Å². The molecule has 1 unspecified atom stereocenters. The number of thiophene rings is 1. The second-order valence-electron chi connectivity index (χ2n) is 4.58. The first kappa shape index (κ1) is 14.7. The van der Waals surface area contributed by atoms with E-state index in [9.17, 15) is 0 Å². The molecule has 0 spiro atoms. The number of anilines is 1. The Bertz CT molecular complexity index is 532. The molecule has 2 N–H and O–H groups in total. The van der Waals surface area contributed by atoms with Gasteiger partial charge in [0.05, 0.1) is 15.7 Å². The third-order valence-electron chi connectivity index (χ3n) is 3.19. The van der Waals surface area contributed by atoms with Crippen molar-refractivity contribution in [3.63, 3.8) is 0 Å². The fourth-order valence-corrected chi connectivity index (χ4v) is 3.28. The van der Waals surface area contributed by atoms with E-state index in [4.69, 9.17) is 28.9 Å². The predicted molar refractivity (Wildman–Crippen MR) is 85.1 cm³/mol. The Morgan fingerprint density at radius 1 is 1.32 bits per heavy atom. The molecular weight excluding hydrogens is 299 g/mol. The molecule has 1 heterocycles. The van der Waals surface area contributed by atoms with E-state index in [1.54, 1.807) is 11.3 Å². The minimum absolute atomic E-state index is 0.357. The number of rotatable bonds is 4. The monoisotopic (exact) mass is 314 g/mol. The summed E-state index contributed by atoms with van der Waals surface area (Å²) in [5.74, 6) is 0. The number of hydrogen-bond donors (Lipinski definition) is 1. The third-order valence-corrected chi connectivity index (χ3v) is 4.85. The number of nitrogens with two attached hydrogens (primary N) is 1. The van der Waals surface area contributed by atoms with E-state index >= 15 is 0 Å². The number of hydrogen-bond acceptors (Lipinski definition) is 3. The minimum atomic E-state index is 0.357. The van der Waals surface area contributed by atoms with Crippen LogP contribution in [0.2, 0.25) is 10.0 Å². The van der Waals surface area contributed by atoms with Crippen LogP contribution in [0.15, 0.2) is 29.6 Å². The summed E-state index contributed by atoms with van der Waals surface area (Å²) in [5, 5.41) is 3.12. The number of nitrogen functional groups attached to an aromatic ring is 1. The lowest BCUT2D eigenvalue weighted by atomic mass is 10.1. The van der Waals surface area contributed by atoms with Crippen molar-refractivity contribution in [3.8, 4) is 0 Å². The van der Waals surface area contributed by atoms with Crippen molar-refractivity contribution in [1.82, 2.24) is 4.90 Å². The molecule has 0 amide bonds. The van der Waals surface area contributed by atoms with Crippen molar-refractivity contribution in [2.24, 2.45) is 0 Å². The topological polar surface area (TPSA) is 29.3 Å². The summed E-state index contributed by atoms with van der Waals surface area (Å²) in [4.78, 5) is 3.60. The van der Waals surface area contributed by atoms with Gasteiger partial charge < -0.3 is 5.73 Å². The van der Waals surface area contributed by atoms with Gasteiger partial charge in [0.1, 0.15) is 0 Å². The van der Waals surface area contributed by atoms with Gasteiger partial charge in [0.2, 0.25) is 0 Å². The van der Waals surface area contributed by atoms with Gasteiger partial charge in [-0.2, -0.15) is 0 Å². The molecule has 102 valence electrons. The molecule has 0 aliphatic rings. The van der Waals surface area contributed by atoms with E-state index in [1.807, 2.05) is 12.1 Å². The maximum atomic E-state index is 6.06. The molecule has 1 atom stereocenters. The van der Waals surface area contributed by atoms with Gasteiger partial charge in [-0.25, -0.2) is 0 Å². The molecule has 2 rings (SSSR count). The standard InChI is InChI=1S/C14H16Cl2N2S/c1-9(13-4-3-5-19-13)18(2)8-10-6-11(15)14(17)12(16)7-10/h3-7,9H,8,17H2,1-2H3. The van der Waals surface area contributed by atoms with Crippen LogP contribution in [-0.2, 0) is 6.54 Å². The van der Waals surface area contributed by atoms with E-state index in [0.29, 0.717) is 21.8 Å². The summed E-state index contributed by atoms with van der Waals surface area (Å²) < 4.78 is 0. The normalized spacial score (nSPS) is 12.9. The van der Waals surface area contributed by atoms with E-state index in [-0.39, 0.29) is 0 Å². The lowest BCUT2D eigenvalue weighted by molar-refractivity contribution is 0.256. The summed E-state index contributed by atoms with van der Waals surface area (Å²) in [6, 6.07) is 8.33. The maximum Gasteiger partial charge on any atom is 0.0693 e. The number of halogens is 2. The average Bonchev–Trinajstić information content (AvgIpc) is 2.88. The summed E-state index contributed by atoms with van der Waals surface area (Å²) in [5.41, 5.74) is 7.25. The first-order valence-corrected chi connectivity index (χ1v) is 7.59. The summed E-state index contributed by atoms with van der Waals surface area (Å²) >= 11 is 13.9. The van der Waals surface area contributed by atoms with Crippen LogP contribution < -0.4 is 5.73 Å².